The number of carbonyl (C=O) groups is 4. The van der Waals surface area contributed by atoms with E-state index in [1.165, 1.54) is 6.92 Å². The van der Waals surface area contributed by atoms with Crippen LogP contribution >= 0.6 is 0 Å². The third-order valence-corrected chi connectivity index (χ3v) is 10.8. The van der Waals surface area contributed by atoms with Crippen molar-refractivity contribution in [3.05, 3.63) is 11.3 Å². The van der Waals surface area contributed by atoms with E-state index < -0.39 is 28.1 Å². The van der Waals surface area contributed by atoms with E-state index >= 15 is 9.59 Å². The molecule has 1 saturated carbocycles. The Morgan fingerprint density at radius 3 is 1.88 bits per heavy atom. The minimum Gasteiger partial charge on any atom is -0.430 e. The molecule has 2 bridgehead atoms. The molecule has 0 aromatic carbocycles. The summed E-state index contributed by atoms with van der Waals surface area (Å²) in [5.41, 5.74) is -3.29. The summed E-state index contributed by atoms with van der Waals surface area (Å²) in [5, 5.41) is 0. The van der Waals surface area contributed by atoms with E-state index in [-0.39, 0.29) is 29.0 Å². The smallest absolute Gasteiger partial charge is 0.307 e. The number of esters is 1. The predicted molar refractivity (Wildman–Crippen MR) is 175 cm³/mol. The van der Waals surface area contributed by atoms with Crippen molar-refractivity contribution in [2.24, 2.45) is 51.8 Å². The zero-order valence-electron chi connectivity index (χ0n) is 29.8. The number of fused-ring (bicyclic) bond motifs is 2. The predicted octanol–water partition coefficient (Wildman–Crippen LogP) is 9.70. The second-order valence-electron chi connectivity index (χ2n) is 16.0. The second kappa shape index (κ2) is 15.0. The van der Waals surface area contributed by atoms with Crippen LogP contribution in [0.2, 0.25) is 0 Å². The third-order valence-electron chi connectivity index (χ3n) is 10.8. The van der Waals surface area contributed by atoms with Crippen LogP contribution in [0.25, 0.3) is 0 Å². The Balaban J connectivity index is 3.11. The molecule has 0 saturated heterocycles. The van der Waals surface area contributed by atoms with Crippen molar-refractivity contribution in [3.8, 4) is 0 Å². The molecule has 5 heteroatoms. The Hall–Kier alpha value is -1.78. The molecule has 0 aliphatic heterocycles. The monoisotopic (exact) mass is 600 g/mol. The topological polar surface area (TPSA) is 77.5 Å². The molecule has 0 heterocycles. The summed E-state index contributed by atoms with van der Waals surface area (Å²) in [4.78, 5) is 58.6. The van der Waals surface area contributed by atoms with Gasteiger partial charge >= 0.3 is 5.97 Å². The lowest BCUT2D eigenvalue weighted by atomic mass is 9.37. The van der Waals surface area contributed by atoms with E-state index in [4.69, 9.17) is 4.74 Å². The average Bonchev–Trinajstić information content (AvgIpc) is 2.90. The van der Waals surface area contributed by atoms with Gasteiger partial charge in [0.15, 0.2) is 22.8 Å². The number of rotatable bonds is 17. The number of hydrogen-bond acceptors (Lipinski definition) is 5. The van der Waals surface area contributed by atoms with Crippen LogP contribution in [0.4, 0.5) is 0 Å². The molecule has 0 aromatic rings. The van der Waals surface area contributed by atoms with E-state index in [1.807, 2.05) is 13.8 Å². The van der Waals surface area contributed by atoms with Gasteiger partial charge in [-0.1, -0.05) is 95.4 Å². The number of allylic oxidation sites excluding steroid dienone is 2. The summed E-state index contributed by atoms with van der Waals surface area (Å²) >= 11 is 0. The number of hydrogen-bond donors (Lipinski definition) is 0. The molecular formula is C38H64O5. The van der Waals surface area contributed by atoms with Crippen molar-refractivity contribution in [2.75, 3.05) is 0 Å². The van der Waals surface area contributed by atoms with Gasteiger partial charge in [-0.25, -0.2) is 0 Å². The van der Waals surface area contributed by atoms with Gasteiger partial charge in [0.2, 0.25) is 0 Å². The minimum atomic E-state index is -1.76. The average molecular weight is 601 g/mol. The zero-order chi connectivity index (χ0) is 32.9. The van der Waals surface area contributed by atoms with Crippen LogP contribution in [0.5, 0.6) is 0 Å². The second-order valence-corrected chi connectivity index (χ2v) is 16.0. The van der Waals surface area contributed by atoms with Crippen LogP contribution in [-0.4, -0.2) is 23.3 Å². The maximum atomic E-state index is 15.5. The van der Waals surface area contributed by atoms with Crippen LogP contribution in [0, 0.1) is 51.8 Å². The van der Waals surface area contributed by atoms with Gasteiger partial charge in [0.05, 0.1) is 5.41 Å². The Labute approximate surface area is 263 Å². The number of ketones is 3. The largest absolute Gasteiger partial charge is 0.430 e. The molecule has 2 aliphatic rings. The molecule has 5 nitrogen and oxygen atoms in total. The van der Waals surface area contributed by atoms with Gasteiger partial charge in [-0.15, -0.1) is 0 Å². The summed E-state index contributed by atoms with van der Waals surface area (Å²) in [7, 11) is 0. The zero-order valence-corrected chi connectivity index (χ0v) is 29.8. The molecule has 0 amide bonds. The van der Waals surface area contributed by atoms with Gasteiger partial charge in [-0.3, -0.25) is 19.2 Å². The van der Waals surface area contributed by atoms with Crippen molar-refractivity contribution in [2.45, 2.75) is 154 Å². The molecule has 0 aromatic heterocycles. The van der Waals surface area contributed by atoms with E-state index in [0.29, 0.717) is 67.8 Å². The summed E-state index contributed by atoms with van der Waals surface area (Å²) in [6.07, 6.45) is 7.75. The Kier molecular flexibility index (Phi) is 13.0. The normalized spacial score (nSPS) is 28.4. The molecular weight excluding hydrogens is 536 g/mol. The van der Waals surface area contributed by atoms with Crippen molar-refractivity contribution in [1.29, 1.82) is 0 Å². The standard InChI is InChI=1S/C38H64O5/c1-13-28(10)32(40)38-33(41)31(19-17-26(6)7)34(43-29(11)39)37(35(38)42,22-20-27(8)9)23-30(18-16-25(4)5)36(38,12)21-14-15-24(2)3/h24-28,30H,13-23H2,1-12H3/t28?,30-,36+,37+,38-/m0/s1. The van der Waals surface area contributed by atoms with Crippen LogP contribution in [0.15, 0.2) is 11.3 Å². The summed E-state index contributed by atoms with van der Waals surface area (Å²) in [5.74, 6) is 0.0406. The fourth-order valence-electron chi connectivity index (χ4n) is 7.95. The highest BCUT2D eigenvalue weighted by molar-refractivity contribution is 6.33. The first-order valence-electron chi connectivity index (χ1n) is 17.5. The van der Waals surface area contributed by atoms with Crippen LogP contribution in [0.3, 0.4) is 0 Å². The highest BCUT2D eigenvalue weighted by Gasteiger charge is 2.76. The minimum absolute atomic E-state index is 0.0268. The van der Waals surface area contributed by atoms with Crippen molar-refractivity contribution in [1.82, 2.24) is 0 Å². The molecule has 1 unspecified atom stereocenters. The Morgan fingerprint density at radius 1 is 0.837 bits per heavy atom. The first kappa shape index (κ1) is 37.4. The van der Waals surface area contributed by atoms with Gasteiger partial charge < -0.3 is 4.74 Å². The van der Waals surface area contributed by atoms with Crippen LogP contribution in [-0.2, 0) is 23.9 Å². The van der Waals surface area contributed by atoms with Crippen molar-refractivity contribution >= 4 is 23.3 Å². The number of ether oxygens (including phenoxy) is 1. The summed E-state index contributed by atoms with van der Waals surface area (Å²) < 4.78 is 6.05. The molecule has 0 radical (unpaired) electrons. The maximum absolute atomic E-state index is 15.5. The van der Waals surface area contributed by atoms with Crippen LogP contribution < -0.4 is 0 Å². The molecule has 246 valence electrons. The van der Waals surface area contributed by atoms with Gasteiger partial charge in [0, 0.05) is 18.4 Å². The summed E-state index contributed by atoms with van der Waals surface area (Å²) in [6, 6.07) is 0. The van der Waals surface area contributed by atoms with E-state index in [9.17, 15) is 9.59 Å². The Morgan fingerprint density at radius 2 is 1.40 bits per heavy atom. The fraction of sp³-hybridized carbons (Fsp3) is 0.842. The van der Waals surface area contributed by atoms with E-state index in [1.54, 1.807) is 0 Å². The SMILES string of the molecule is CCC(C)C(=O)[C@@]12C(=O)C(CCC(C)C)=C(OC(C)=O)[C@@](CCC(C)C)(C[C@H](CCC(C)C)[C@@]1(C)CCCC(C)C)C2=O. The molecule has 43 heavy (non-hydrogen) atoms. The van der Waals surface area contributed by atoms with E-state index in [2.05, 4.69) is 62.3 Å². The maximum Gasteiger partial charge on any atom is 0.307 e. The van der Waals surface area contributed by atoms with Crippen molar-refractivity contribution < 1.29 is 23.9 Å². The van der Waals surface area contributed by atoms with Gasteiger partial charge in [0.1, 0.15) is 5.76 Å². The van der Waals surface area contributed by atoms with Crippen molar-refractivity contribution in [3.63, 3.8) is 0 Å². The molecule has 0 N–H and O–H groups in total. The lowest BCUT2D eigenvalue weighted by molar-refractivity contribution is -0.183. The quantitative estimate of drug-likeness (QED) is 0.123. The van der Waals surface area contributed by atoms with Crippen LogP contribution in [0.1, 0.15) is 154 Å². The number of Topliss-reactive ketones (excluding diaryl/α,β-unsaturated/α-hetero) is 3. The molecule has 5 atom stereocenters. The molecule has 2 rings (SSSR count). The first-order chi connectivity index (χ1) is 19.9. The van der Waals surface area contributed by atoms with Gasteiger partial charge in [0.25, 0.3) is 0 Å². The highest BCUT2D eigenvalue weighted by atomic mass is 16.5. The fourth-order valence-corrected chi connectivity index (χ4v) is 7.95. The lowest BCUT2D eigenvalue weighted by Crippen LogP contribution is -2.71. The molecule has 1 fully saturated rings. The van der Waals surface area contributed by atoms with Gasteiger partial charge in [-0.2, -0.15) is 0 Å². The third kappa shape index (κ3) is 7.38. The van der Waals surface area contributed by atoms with Gasteiger partial charge in [-0.05, 0) is 86.4 Å². The molecule has 0 spiro atoms. The number of carbonyl (C=O) groups excluding carboxylic acids is 4. The lowest BCUT2D eigenvalue weighted by Gasteiger charge is -2.62. The summed E-state index contributed by atoms with van der Waals surface area (Å²) in [6.45, 7) is 24.6. The van der Waals surface area contributed by atoms with E-state index in [0.717, 1.165) is 32.1 Å². The molecule has 2 aliphatic carbocycles. The highest BCUT2D eigenvalue weighted by Crippen LogP contribution is 2.68. The Bertz CT molecular complexity index is 1050. The first-order valence-corrected chi connectivity index (χ1v) is 17.5.